The van der Waals surface area contributed by atoms with Gasteiger partial charge in [-0.15, -0.1) is 0 Å². The molecule has 4 heteroatoms. The van der Waals surface area contributed by atoms with Crippen LogP contribution in [0.4, 0.5) is 0 Å². The predicted molar refractivity (Wildman–Crippen MR) is 87.8 cm³/mol. The predicted octanol–water partition coefficient (Wildman–Crippen LogP) is 5.09. The fraction of sp³-hybridized carbons (Fsp3) is 0.250. The molecule has 0 aliphatic rings. The second-order valence-corrected chi connectivity index (χ2v) is 6.24. The van der Waals surface area contributed by atoms with Crippen LogP contribution in [0.5, 0.6) is 11.5 Å². The number of hydrogen-bond donors (Lipinski definition) is 1. The third kappa shape index (κ3) is 3.98. The van der Waals surface area contributed by atoms with Crippen LogP contribution in [-0.2, 0) is 6.42 Å². The SMILES string of the molecule is Cc1cc(Oc2ccc(Cl)cc2Br)ccc1CC(C)N. The monoisotopic (exact) mass is 353 g/mol. The van der Waals surface area contributed by atoms with E-state index in [1.807, 2.05) is 31.2 Å². The summed E-state index contributed by atoms with van der Waals surface area (Å²) in [6, 6.07) is 11.7. The summed E-state index contributed by atoms with van der Waals surface area (Å²) in [5.74, 6) is 1.55. The minimum Gasteiger partial charge on any atom is -0.456 e. The van der Waals surface area contributed by atoms with Gasteiger partial charge >= 0.3 is 0 Å². The molecule has 0 saturated carbocycles. The molecule has 2 aromatic carbocycles. The molecule has 1 unspecified atom stereocenters. The Bertz CT molecular complexity index is 613. The lowest BCUT2D eigenvalue weighted by Crippen LogP contribution is -2.18. The molecule has 0 bridgehead atoms. The minimum atomic E-state index is 0.158. The molecule has 2 aromatic rings. The molecule has 0 fully saturated rings. The van der Waals surface area contributed by atoms with Gasteiger partial charge in [0.15, 0.2) is 0 Å². The molecule has 0 aromatic heterocycles. The van der Waals surface area contributed by atoms with Crippen molar-refractivity contribution >= 4 is 27.5 Å². The zero-order valence-corrected chi connectivity index (χ0v) is 13.8. The van der Waals surface area contributed by atoms with Gasteiger partial charge in [-0.05, 0) is 77.7 Å². The Hall–Kier alpha value is -1.03. The lowest BCUT2D eigenvalue weighted by Gasteiger charge is -2.12. The van der Waals surface area contributed by atoms with Crippen LogP contribution in [0.3, 0.4) is 0 Å². The zero-order chi connectivity index (χ0) is 14.7. The molecule has 0 heterocycles. The zero-order valence-electron chi connectivity index (χ0n) is 11.5. The fourth-order valence-corrected chi connectivity index (χ4v) is 2.76. The molecule has 0 aliphatic heterocycles. The number of rotatable bonds is 4. The Balaban J connectivity index is 2.20. The van der Waals surface area contributed by atoms with Gasteiger partial charge in [0.1, 0.15) is 11.5 Å². The van der Waals surface area contributed by atoms with Crippen molar-refractivity contribution < 1.29 is 4.74 Å². The Morgan fingerprint density at radius 3 is 2.60 bits per heavy atom. The quantitative estimate of drug-likeness (QED) is 0.829. The smallest absolute Gasteiger partial charge is 0.141 e. The fourth-order valence-electron chi connectivity index (χ4n) is 1.99. The topological polar surface area (TPSA) is 35.2 Å². The van der Waals surface area contributed by atoms with Crippen molar-refractivity contribution in [3.05, 3.63) is 57.0 Å². The molecular formula is C16H17BrClNO. The van der Waals surface area contributed by atoms with Crippen molar-refractivity contribution in [3.8, 4) is 11.5 Å². The van der Waals surface area contributed by atoms with Gasteiger partial charge in [-0.25, -0.2) is 0 Å². The van der Waals surface area contributed by atoms with E-state index in [2.05, 4.69) is 28.9 Å². The molecule has 0 saturated heterocycles. The second kappa shape index (κ2) is 6.61. The third-order valence-electron chi connectivity index (χ3n) is 2.98. The average Bonchev–Trinajstić information content (AvgIpc) is 2.36. The average molecular weight is 355 g/mol. The first-order chi connectivity index (χ1) is 9.45. The first-order valence-corrected chi connectivity index (χ1v) is 7.61. The first kappa shape index (κ1) is 15.4. The molecule has 2 nitrogen and oxygen atoms in total. The van der Waals surface area contributed by atoms with Crippen LogP contribution >= 0.6 is 27.5 Å². The van der Waals surface area contributed by atoms with Crippen LogP contribution in [0.25, 0.3) is 0 Å². The molecule has 0 amide bonds. The van der Waals surface area contributed by atoms with E-state index in [0.29, 0.717) is 5.02 Å². The summed E-state index contributed by atoms with van der Waals surface area (Å²) in [7, 11) is 0. The van der Waals surface area contributed by atoms with E-state index in [1.165, 1.54) is 11.1 Å². The van der Waals surface area contributed by atoms with Gasteiger partial charge in [-0.3, -0.25) is 0 Å². The highest BCUT2D eigenvalue weighted by atomic mass is 79.9. The number of ether oxygens (including phenoxy) is 1. The number of halogens is 2. The molecule has 2 rings (SSSR count). The molecular weight excluding hydrogens is 338 g/mol. The molecule has 0 spiro atoms. The van der Waals surface area contributed by atoms with Crippen molar-refractivity contribution in [1.82, 2.24) is 0 Å². The summed E-state index contributed by atoms with van der Waals surface area (Å²) in [6.07, 6.45) is 0.872. The van der Waals surface area contributed by atoms with Gasteiger partial charge in [-0.1, -0.05) is 17.7 Å². The summed E-state index contributed by atoms with van der Waals surface area (Å²) in [5.41, 5.74) is 8.28. The van der Waals surface area contributed by atoms with Gasteiger partial charge in [0.05, 0.1) is 4.47 Å². The summed E-state index contributed by atoms with van der Waals surface area (Å²) < 4.78 is 6.70. The highest BCUT2D eigenvalue weighted by molar-refractivity contribution is 9.10. The summed E-state index contributed by atoms with van der Waals surface area (Å²) in [5, 5.41) is 0.674. The van der Waals surface area contributed by atoms with Gasteiger partial charge < -0.3 is 10.5 Å². The van der Waals surface area contributed by atoms with E-state index in [9.17, 15) is 0 Å². The van der Waals surface area contributed by atoms with Crippen molar-refractivity contribution in [2.45, 2.75) is 26.3 Å². The van der Waals surface area contributed by atoms with Crippen LogP contribution in [-0.4, -0.2) is 6.04 Å². The van der Waals surface area contributed by atoms with Crippen LogP contribution in [0.2, 0.25) is 5.02 Å². The highest BCUT2D eigenvalue weighted by Gasteiger charge is 2.07. The first-order valence-electron chi connectivity index (χ1n) is 6.43. The van der Waals surface area contributed by atoms with Crippen LogP contribution in [0.15, 0.2) is 40.9 Å². The third-order valence-corrected chi connectivity index (χ3v) is 3.83. The van der Waals surface area contributed by atoms with Crippen molar-refractivity contribution in [3.63, 3.8) is 0 Å². The Kier molecular flexibility index (Phi) is 5.08. The molecule has 2 N–H and O–H groups in total. The van der Waals surface area contributed by atoms with Crippen molar-refractivity contribution in [2.75, 3.05) is 0 Å². The second-order valence-electron chi connectivity index (χ2n) is 4.95. The number of benzene rings is 2. The van der Waals surface area contributed by atoms with Gasteiger partial charge in [0.2, 0.25) is 0 Å². The Labute approximate surface area is 133 Å². The van der Waals surface area contributed by atoms with E-state index in [1.54, 1.807) is 6.07 Å². The largest absolute Gasteiger partial charge is 0.456 e. The normalized spacial score (nSPS) is 12.2. The van der Waals surface area contributed by atoms with Gasteiger partial charge in [0.25, 0.3) is 0 Å². The van der Waals surface area contributed by atoms with Crippen LogP contribution < -0.4 is 10.5 Å². The van der Waals surface area contributed by atoms with Gasteiger partial charge in [-0.2, -0.15) is 0 Å². The molecule has 1 atom stereocenters. The number of aryl methyl sites for hydroxylation is 1. The van der Waals surface area contributed by atoms with E-state index < -0.39 is 0 Å². The molecule has 0 radical (unpaired) electrons. The maximum absolute atomic E-state index is 5.92. The Morgan fingerprint density at radius 2 is 2.00 bits per heavy atom. The lowest BCUT2D eigenvalue weighted by molar-refractivity contribution is 0.479. The molecule has 106 valence electrons. The molecule has 20 heavy (non-hydrogen) atoms. The summed E-state index contributed by atoms with van der Waals surface area (Å²) in [4.78, 5) is 0. The van der Waals surface area contributed by atoms with E-state index in [-0.39, 0.29) is 6.04 Å². The number of hydrogen-bond acceptors (Lipinski definition) is 2. The number of nitrogens with two attached hydrogens (primary N) is 1. The van der Waals surface area contributed by atoms with Crippen LogP contribution in [0, 0.1) is 6.92 Å². The maximum Gasteiger partial charge on any atom is 0.141 e. The van der Waals surface area contributed by atoms with Crippen LogP contribution in [0.1, 0.15) is 18.1 Å². The van der Waals surface area contributed by atoms with E-state index in [0.717, 1.165) is 22.4 Å². The highest BCUT2D eigenvalue weighted by Crippen LogP contribution is 2.32. The molecule has 0 aliphatic carbocycles. The summed E-state index contributed by atoms with van der Waals surface area (Å²) in [6.45, 7) is 4.08. The summed E-state index contributed by atoms with van der Waals surface area (Å²) >= 11 is 9.36. The van der Waals surface area contributed by atoms with Crippen molar-refractivity contribution in [2.24, 2.45) is 5.73 Å². The Morgan fingerprint density at radius 1 is 1.25 bits per heavy atom. The lowest BCUT2D eigenvalue weighted by atomic mass is 10.0. The minimum absolute atomic E-state index is 0.158. The van der Waals surface area contributed by atoms with E-state index >= 15 is 0 Å². The standard InChI is InChI=1S/C16H17BrClNO/c1-10-7-14(5-3-12(10)8-11(2)19)20-16-6-4-13(18)9-15(16)17/h3-7,9,11H,8,19H2,1-2H3. The van der Waals surface area contributed by atoms with E-state index in [4.69, 9.17) is 22.1 Å². The van der Waals surface area contributed by atoms with Crippen molar-refractivity contribution in [1.29, 1.82) is 0 Å². The van der Waals surface area contributed by atoms with Gasteiger partial charge in [0, 0.05) is 11.1 Å². The maximum atomic E-state index is 5.92.